The lowest BCUT2D eigenvalue weighted by Gasteiger charge is -2.19. The standard InChI is InChI=1S/C27H24FNO3/c1-17(2)24(19-11-13-21(28)14-12-19)25-22-9-4-5-10-23(22)29(26(25)30)16-18-7-6-8-20(15-18)27(31)32-3/h4-15,17H,16H2,1-3H3/b25-24+. The Labute approximate surface area is 186 Å². The largest absolute Gasteiger partial charge is 0.465 e. The molecule has 3 aromatic carbocycles. The molecule has 1 heterocycles. The van der Waals surface area contributed by atoms with Crippen molar-refractivity contribution in [3.05, 3.63) is 101 Å². The van der Waals surface area contributed by atoms with Crippen LogP contribution in [0.4, 0.5) is 10.1 Å². The lowest BCUT2D eigenvalue weighted by molar-refractivity contribution is -0.113. The molecule has 0 spiro atoms. The molecule has 0 atom stereocenters. The zero-order valence-electron chi connectivity index (χ0n) is 18.3. The van der Waals surface area contributed by atoms with Crippen molar-refractivity contribution in [1.82, 2.24) is 0 Å². The Bertz CT molecular complexity index is 1210. The maximum Gasteiger partial charge on any atom is 0.337 e. The first-order valence-electron chi connectivity index (χ1n) is 10.5. The minimum absolute atomic E-state index is 0.0510. The van der Waals surface area contributed by atoms with Crippen LogP contribution in [0.3, 0.4) is 0 Å². The highest BCUT2D eigenvalue weighted by atomic mass is 19.1. The van der Waals surface area contributed by atoms with Gasteiger partial charge in [-0.1, -0.05) is 56.3 Å². The molecule has 1 aliphatic heterocycles. The van der Waals surface area contributed by atoms with E-state index in [1.807, 2.05) is 44.2 Å². The van der Waals surface area contributed by atoms with E-state index >= 15 is 0 Å². The van der Waals surface area contributed by atoms with E-state index in [2.05, 4.69) is 0 Å². The molecule has 0 radical (unpaired) electrons. The molecule has 4 nitrogen and oxygen atoms in total. The van der Waals surface area contributed by atoms with Gasteiger partial charge in [-0.3, -0.25) is 4.79 Å². The van der Waals surface area contributed by atoms with Gasteiger partial charge in [-0.15, -0.1) is 0 Å². The topological polar surface area (TPSA) is 46.6 Å². The zero-order valence-corrected chi connectivity index (χ0v) is 18.3. The molecule has 0 aliphatic carbocycles. The van der Waals surface area contributed by atoms with Crippen LogP contribution in [0, 0.1) is 11.7 Å². The first-order chi connectivity index (χ1) is 15.4. The monoisotopic (exact) mass is 429 g/mol. The molecule has 162 valence electrons. The number of amides is 1. The first kappa shape index (κ1) is 21.5. The molecular weight excluding hydrogens is 405 g/mol. The number of halogens is 1. The Balaban J connectivity index is 1.81. The lowest BCUT2D eigenvalue weighted by atomic mass is 9.88. The summed E-state index contributed by atoms with van der Waals surface area (Å²) in [5.41, 5.74) is 5.28. The number of hydrogen-bond acceptors (Lipinski definition) is 3. The highest BCUT2D eigenvalue weighted by Gasteiger charge is 2.35. The summed E-state index contributed by atoms with van der Waals surface area (Å²) in [6.45, 7) is 4.38. The smallest absolute Gasteiger partial charge is 0.337 e. The molecule has 4 rings (SSSR count). The number of carbonyl (C=O) groups is 2. The Hall–Kier alpha value is -3.73. The molecule has 0 saturated heterocycles. The number of carbonyl (C=O) groups excluding carboxylic acids is 2. The second-order valence-corrected chi connectivity index (χ2v) is 8.05. The number of nitrogens with zero attached hydrogens (tertiary/aromatic N) is 1. The van der Waals surface area contributed by atoms with Gasteiger partial charge in [0.05, 0.1) is 30.5 Å². The van der Waals surface area contributed by atoms with Gasteiger partial charge >= 0.3 is 5.97 Å². The molecule has 0 bridgehead atoms. The molecule has 0 N–H and O–H groups in total. The summed E-state index contributed by atoms with van der Waals surface area (Å²) < 4.78 is 18.4. The van der Waals surface area contributed by atoms with Crippen molar-refractivity contribution in [2.45, 2.75) is 20.4 Å². The van der Waals surface area contributed by atoms with Gasteiger partial charge in [0.15, 0.2) is 0 Å². The Morgan fingerprint density at radius 1 is 0.969 bits per heavy atom. The van der Waals surface area contributed by atoms with Crippen LogP contribution in [0.2, 0.25) is 0 Å². The van der Waals surface area contributed by atoms with Crippen molar-refractivity contribution >= 4 is 28.7 Å². The number of hydrogen-bond donors (Lipinski definition) is 0. The predicted molar refractivity (Wildman–Crippen MR) is 123 cm³/mol. The van der Waals surface area contributed by atoms with E-state index in [-0.39, 0.29) is 17.6 Å². The van der Waals surface area contributed by atoms with Crippen LogP contribution in [0.5, 0.6) is 0 Å². The van der Waals surface area contributed by atoms with Gasteiger partial charge in [0.25, 0.3) is 5.91 Å². The fraction of sp³-hybridized carbons (Fsp3) is 0.185. The first-order valence-corrected chi connectivity index (χ1v) is 10.5. The van der Waals surface area contributed by atoms with E-state index in [0.717, 1.165) is 28.0 Å². The Morgan fingerprint density at radius 3 is 2.38 bits per heavy atom. The number of esters is 1. The maximum atomic E-state index is 13.7. The van der Waals surface area contributed by atoms with Crippen molar-refractivity contribution < 1.29 is 18.7 Å². The van der Waals surface area contributed by atoms with Gasteiger partial charge in [0.1, 0.15) is 5.82 Å². The number of fused-ring (bicyclic) bond motifs is 1. The molecule has 0 unspecified atom stereocenters. The number of anilines is 1. The number of methoxy groups -OCH3 is 1. The normalized spacial score (nSPS) is 14.5. The third-order valence-electron chi connectivity index (χ3n) is 5.61. The van der Waals surface area contributed by atoms with E-state index in [1.54, 1.807) is 35.2 Å². The lowest BCUT2D eigenvalue weighted by Crippen LogP contribution is -2.26. The van der Waals surface area contributed by atoms with Gasteiger partial charge < -0.3 is 9.64 Å². The Morgan fingerprint density at radius 2 is 1.69 bits per heavy atom. The van der Waals surface area contributed by atoms with Crippen LogP contribution in [0.1, 0.15) is 40.9 Å². The summed E-state index contributed by atoms with van der Waals surface area (Å²) >= 11 is 0. The summed E-state index contributed by atoms with van der Waals surface area (Å²) in [6, 6.07) is 21.0. The third kappa shape index (κ3) is 3.94. The van der Waals surface area contributed by atoms with Crippen LogP contribution >= 0.6 is 0 Å². The Kier molecular flexibility index (Phi) is 5.91. The zero-order chi connectivity index (χ0) is 22.8. The molecular formula is C27H24FNO3. The molecule has 0 aromatic heterocycles. The second kappa shape index (κ2) is 8.79. The quantitative estimate of drug-likeness (QED) is 0.385. The van der Waals surface area contributed by atoms with Gasteiger partial charge in [-0.05, 0) is 52.9 Å². The SMILES string of the molecule is COC(=O)c1cccc(CN2C(=O)/C(=C(/c3ccc(F)cc3)C(C)C)c3ccccc32)c1. The van der Waals surface area contributed by atoms with Crippen molar-refractivity contribution in [2.24, 2.45) is 5.92 Å². The van der Waals surface area contributed by atoms with Crippen molar-refractivity contribution in [2.75, 3.05) is 12.0 Å². The van der Waals surface area contributed by atoms with E-state index in [4.69, 9.17) is 4.74 Å². The summed E-state index contributed by atoms with van der Waals surface area (Å²) in [5, 5.41) is 0. The van der Waals surface area contributed by atoms with Crippen LogP contribution < -0.4 is 4.90 Å². The summed E-state index contributed by atoms with van der Waals surface area (Å²) in [6.07, 6.45) is 0. The van der Waals surface area contributed by atoms with Crippen molar-refractivity contribution in [3.8, 4) is 0 Å². The fourth-order valence-electron chi connectivity index (χ4n) is 4.19. The molecule has 1 aliphatic rings. The summed E-state index contributed by atoms with van der Waals surface area (Å²) in [5.74, 6) is -0.788. The number of benzene rings is 3. The van der Waals surface area contributed by atoms with Crippen LogP contribution in [0.15, 0.2) is 72.8 Å². The predicted octanol–water partition coefficient (Wildman–Crippen LogP) is 5.73. The highest BCUT2D eigenvalue weighted by Crippen LogP contribution is 2.43. The molecule has 1 amide bonds. The van der Waals surface area contributed by atoms with Crippen molar-refractivity contribution in [1.29, 1.82) is 0 Å². The number of ether oxygens (including phenoxy) is 1. The minimum Gasteiger partial charge on any atom is -0.465 e. The second-order valence-electron chi connectivity index (χ2n) is 8.05. The molecule has 0 fully saturated rings. The van der Waals surface area contributed by atoms with E-state index in [9.17, 15) is 14.0 Å². The fourth-order valence-corrected chi connectivity index (χ4v) is 4.19. The molecule has 0 saturated carbocycles. The van der Waals surface area contributed by atoms with Gasteiger partial charge in [-0.25, -0.2) is 9.18 Å². The maximum absolute atomic E-state index is 13.7. The van der Waals surface area contributed by atoms with Crippen LogP contribution in [0.25, 0.3) is 11.1 Å². The van der Waals surface area contributed by atoms with Crippen LogP contribution in [-0.2, 0) is 16.1 Å². The van der Waals surface area contributed by atoms with E-state index in [1.165, 1.54) is 19.2 Å². The van der Waals surface area contributed by atoms with Crippen LogP contribution in [-0.4, -0.2) is 19.0 Å². The highest BCUT2D eigenvalue weighted by molar-refractivity contribution is 6.37. The van der Waals surface area contributed by atoms with Gasteiger partial charge in [-0.2, -0.15) is 0 Å². The molecule has 5 heteroatoms. The average Bonchev–Trinajstić information content (AvgIpc) is 3.06. The minimum atomic E-state index is -0.418. The van der Waals surface area contributed by atoms with Crippen molar-refractivity contribution in [3.63, 3.8) is 0 Å². The number of para-hydroxylation sites is 1. The van der Waals surface area contributed by atoms with Gasteiger partial charge in [0.2, 0.25) is 0 Å². The molecule has 32 heavy (non-hydrogen) atoms. The third-order valence-corrected chi connectivity index (χ3v) is 5.61. The molecule has 3 aromatic rings. The van der Waals surface area contributed by atoms with E-state index in [0.29, 0.717) is 17.7 Å². The summed E-state index contributed by atoms with van der Waals surface area (Å²) in [4.78, 5) is 27.4. The van der Waals surface area contributed by atoms with Gasteiger partial charge in [0, 0.05) is 5.56 Å². The summed E-state index contributed by atoms with van der Waals surface area (Å²) in [7, 11) is 1.34. The number of allylic oxidation sites excluding steroid dienone is 1. The average molecular weight is 429 g/mol. The van der Waals surface area contributed by atoms with E-state index < -0.39 is 5.97 Å². The number of rotatable bonds is 5.